The standard InChI is InChI=1S/C17H13Cl3N4O5S/c18-17(19,20)15(22-13(25)11-3-1-2-4-12(11)24(28)29)23-16(30)21-10-7-5-9(6-8-10)14(26)27/h1-8,15H,(H,22,25)(H,26,27)(H2,21,23,30)/t15-/m1/s1. The summed E-state index contributed by atoms with van der Waals surface area (Å²) in [6.07, 6.45) is -1.35. The van der Waals surface area contributed by atoms with E-state index >= 15 is 0 Å². The summed E-state index contributed by atoms with van der Waals surface area (Å²) in [5.74, 6) is -1.95. The first-order chi connectivity index (χ1) is 14.0. The molecule has 30 heavy (non-hydrogen) atoms. The predicted molar refractivity (Wildman–Crippen MR) is 117 cm³/mol. The molecule has 2 aromatic carbocycles. The molecule has 13 heteroatoms. The third-order valence-corrected chi connectivity index (χ3v) is 4.49. The number of para-hydroxylation sites is 1. The van der Waals surface area contributed by atoms with Gasteiger partial charge in [-0.15, -0.1) is 0 Å². The van der Waals surface area contributed by atoms with Crippen LogP contribution in [0.1, 0.15) is 20.7 Å². The largest absolute Gasteiger partial charge is 0.478 e. The van der Waals surface area contributed by atoms with E-state index in [9.17, 15) is 19.7 Å². The molecule has 0 heterocycles. The number of nitrogens with one attached hydrogen (secondary N) is 3. The fourth-order valence-corrected chi connectivity index (χ4v) is 2.79. The van der Waals surface area contributed by atoms with Crippen molar-refractivity contribution >= 4 is 75.4 Å². The number of alkyl halides is 3. The zero-order valence-corrected chi connectivity index (χ0v) is 17.8. The quantitative estimate of drug-likeness (QED) is 0.158. The summed E-state index contributed by atoms with van der Waals surface area (Å²) >= 11 is 22.8. The summed E-state index contributed by atoms with van der Waals surface area (Å²) in [5, 5.41) is 27.7. The Hall–Kier alpha value is -2.66. The number of hydrogen-bond donors (Lipinski definition) is 4. The molecule has 0 aliphatic carbocycles. The van der Waals surface area contributed by atoms with Gasteiger partial charge in [-0.2, -0.15) is 0 Å². The number of hydrogen-bond acceptors (Lipinski definition) is 5. The highest BCUT2D eigenvalue weighted by Gasteiger charge is 2.36. The van der Waals surface area contributed by atoms with Crippen LogP contribution in [0.4, 0.5) is 11.4 Å². The fourth-order valence-electron chi connectivity index (χ4n) is 2.23. The topological polar surface area (TPSA) is 134 Å². The molecule has 0 fully saturated rings. The summed E-state index contributed by atoms with van der Waals surface area (Å²) in [6.45, 7) is 0. The first kappa shape index (κ1) is 23.6. The Balaban J connectivity index is 2.13. The molecule has 0 aliphatic rings. The molecule has 0 unspecified atom stereocenters. The highest BCUT2D eigenvalue weighted by Crippen LogP contribution is 2.30. The van der Waals surface area contributed by atoms with Crippen molar-refractivity contribution in [3.8, 4) is 0 Å². The molecule has 9 nitrogen and oxygen atoms in total. The smallest absolute Gasteiger partial charge is 0.335 e. The second-order valence-corrected chi connectivity index (χ2v) is 8.48. The fraction of sp³-hybridized carbons (Fsp3) is 0.118. The molecule has 2 aromatic rings. The van der Waals surface area contributed by atoms with Crippen LogP contribution in [0.2, 0.25) is 0 Å². The van der Waals surface area contributed by atoms with Crippen molar-refractivity contribution in [2.45, 2.75) is 9.96 Å². The number of carbonyl (C=O) groups excluding carboxylic acids is 1. The zero-order valence-electron chi connectivity index (χ0n) is 14.8. The van der Waals surface area contributed by atoms with E-state index in [1.54, 1.807) is 0 Å². The van der Waals surface area contributed by atoms with Crippen molar-refractivity contribution in [2.24, 2.45) is 0 Å². The molecule has 0 aliphatic heterocycles. The second kappa shape index (κ2) is 9.90. The maximum absolute atomic E-state index is 12.5. The van der Waals surface area contributed by atoms with Crippen LogP contribution in [0.25, 0.3) is 0 Å². The highest BCUT2D eigenvalue weighted by molar-refractivity contribution is 7.80. The van der Waals surface area contributed by atoms with E-state index in [2.05, 4.69) is 16.0 Å². The van der Waals surface area contributed by atoms with Crippen LogP contribution in [0.5, 0.6) is 0 Å². The Morgan fingerprint density at radius 3 is 2.20 bits per heavy atom. The van der Waals surface area contributed by atoms with Gasteiger partial charge in [0.2, 0.25) is 3.79 Å². The number of nitro groups is 1. The third-order valence-electron chi connectivity index (χ3n) is 3.61. The minimum absolute atomic E-state index is 0.0581. The van der Waals surface area contributed by atoms with Crippen LogP contribution >= 0.6 is 47.0 Å². The lowest BCUT2D eigenvalue weighted by Gasteiger charge is -2.27. The highest BCUT2D eigenvalue weighted by atomic mass is 35.6. The van der Waals surface area contributed by atoms with E-state index in [4.69, 9.17) is 52.1 Å². The average molecular weight is 492 g/mol. The van der Waals surface area contributed by atoms with Gasteiger partial charge in [-0.05, 0) is 42.5 Å². The van der Waals surface area contributed by atoms with Gasteiger partial charge in [0.25, 0.3) is 11.6 Å². The molecule has 0 saturated heterocycles. The number of halogens is 3. The van der Waals surface area contributed by atoms with Gasteiger partial charge in [0.05, 0.1) is 10.5 Å². The molecule has 0 aromatic heterocycles. The van der Waals surface area contributed by atoms with Crippen molar-refractivity contribution < 1.29 is 19.6 Å². The van der Waals surface area contributed by atoms with Crippen LogP contribution < -0.4 is 16.0 Å². The molecule has 0 radical (unpaired) electrons. The number of aromatic carboxylic acids is 1. The number of carbonyl (C=O) groups is 2. The zero-order chi connectivity index (χ0) is 22.5. The number of nitro benzene ring substituents is 1. The molecular formula is C17H13Cl3N4O5S. The van der Waals surface area contributed by atoms with Gasteiger partial charge < -0.3 is 21.1 Å². The molecule has 1 atom stereocenters. The van der Waals surface area contributed by atoms with Gasteiger partial charge in [0.15, 0.2) is 5.11 Å². The molecular weight excluding hydrogens is 479 g/mol. The van der Waals surface area contributed by atoms with Gasteiger partial charge in [-0.25, -0.2) is 4.79 Å². The summed E-state index contributed by atoms with van der Waals surface area (Å²) in [4.78, 5) is 33.8. The summed E-state index contributed by atoms with van der Waals surface area (Å²) in [6, 6.07) is 10.9. The summed E-state index contributed by atoms with van der Waals surface area (Å²) in [5.41, 5.74) is -0.134. The Kier molecular flexibility index (Phi) is 7.79. The molecule has 0 spiro atoms. The Bertz CT molecular complexity index is 982. The van der Waals surface area contributed by atoms with Crippen molar-refractivity contribution in [1.29, 1.82) is 0 Å². The number of carboxylic acid groups (broad SMARTS) is 1. The third kappa shape index (κ3) is 6.42. The number of amides is 1. The maximum Gasteiger partial charge on any atom is 0.335 e. The van der Waals surface area contributed by atoms with Crippen molar-refractivity contribution in [3.63, 3.8) is 0 Å². The van der Waals surface area contributed by atoms with Crippen molar-refractivity contribution in [1.82, 2.24) is 10.6 Å². The molecule has 2 rings (SSSR count). The van der Waals surface area contributed by atoms with E-state index in [0.29, 0.717) is 5.69 Å². The van der Waals surface area contributed by atoms with Gasteiger partial charge >= 0.3 is 5.97 Å². The number of nitrogens with zero attached hydrogens (tertiary/aromatic N) is 1. The summed E-state index contributed by atoms with van der Waals surface area (Å²) in [7, 11) is 0. The van der Waals surface area contributed by atoms with Crippen LogP contribution in [-0.2, 0) is 0 Å². The van der Waals surface area contributed by atoms with Gasteiger partial charge in [0.1, 0.15) is 11.7 Å². The molecule has 1 amide bonds. The monoisotopic (exact) mass is 490 g/mol. The minimum Gasteiger partial charge on any atom is -0.478 e. The summed E-state index contributed by atoms with van der Waals surface area (Å²) < 4.78 is -2.07. The normalized spacial score (nSPS) is 11.8. The Labute approximate surface area is 190 Å². The van der Waals surface area contributed by atoms with Gasteiger partial charge in [-0.1, -0.05) is 46.9 Å². The van der Waals surface area contributed by atoms with Crippen LogP contribution in [0.15, 0.2) is 48.5 Å². The predicted octanol–water partition coefficient (Wildman–Crippen LogP) is 3.71. The number of anilines is 1. The number of rotatable bonds is 6. The van der Waals surface area contributed by atoms with E-state index in [1.165, 1.54) is 48.5 Å². The van der Waals surface area contributed by atoms with Crippen molar-refractivity contribution in [3.05, 3.63) is 69.8 Å². The first-order valence-corrected chi connectivity index (χ1v) is 9.55. The minimum atomic E-state index is -2.07. The molecule has 0 bridgehead atoms. The molecule has 4 N–H and O–H groups in total. The van der Waals surface area contributed by atoms with Crippen LogP contribution in [0, 0.1) is 10.1 Å². The van der Waals surface area contributed by atoms with Gasteiger partial charge in [0, 0.05) is 11.8 Å². The van der Waals surface area contributed by atoms with E-state index < -0.39 is 32.4 Å². The number of benzene rings is 2. The van der Waals surface area contributed by atoms with E-state index in [-0.39, 0.29) is 16.2 Å². The van der Waals surface area contributed by atoms with Gasteiger partial charge in [-0.3, -0.25) is 14.9 Å². The number of thiocarbonyl (C=S) groups is 1. The molecule has 0 saturated carbocycles. The van der Waals surface area contributed by atoms with Crippen LogP contribution in [0.3, 0.4) is 0 Å². The Morgan fingerprint density at radius 1 is 1.07 bits per heavy atom. The van der Waals surface area contributed by atoms with E-state index in [1.807, 2.05) is 0 Å². The maximum atomic E-state index is 12.5. The second-order valence-electron chi connectivity index (χ2n) is 5.70. The lowest BCUT2D eigenvalue weighted by Crippen LogP contribution is -2.56. The Morgan fingerprint density at radius 2 is 1.67 bits per heavy atom. The number of carboxylic acids is 1. The first-order valence-electron chi connectivity index (χ1n) is 8.01. The van der Waals surface area contributed by atoms with Crippen LogP contribution in [-0.4, -0.2) is 37.0 Å². The SMILES string of the molecule is O=C(O)c1ccc(NC(=S)N[C@@H](NC(=O)c2ccccc2[N+](=O)[O-])C(Cl)(Cl)Cl)cc1. The molecule has 158 valence electrons. The lowest BCUT2D eigenvalue weighted by atomic mass is 10.1. The lowest BCUT2D eigenvalue weighted by molar-refractivity contribution is -0.385. The van der Waals surface area contributed by atoms with E-state index in [0.717, 1.165) is 0 Å². The van der Waals surface area contributed by atoms with Crippen molar-refractivity contribution in [2.75, 3.05) is 5.32 Å². The average Bonchev–Trinajstić information content (AvgIpc) is 2.67.